The summed E-state index contributed by atoms with van der Waals surface area (Å²) in [5, 5.41) is 0. The lowest BCUT2D eigenvalue weighted by Gasteiger charge is -2.27. The molecule has 0 bridgehead atoms. The van der Waals surface area contributed by atoms with Gasteiger partial charge in [-0.1, -0.05) is 128 Å². The van der Waals surface area contributed by atoms with Crippen LogP contribution in [0.15, 0.2) is 0 Å². The Labute approximate surface area is 141 Å². The van der Waals surface area contributed by atoms with E-state index in [1.807, 2.05) is 0 Å². The molecule has 1 heteroatoms. The molecule has 2 aliphatic rings. The van der Waals surface area contributed by atoms with E-state index >= 15 is 0 Å². The van der Waals surface area contributed by atoms with Crippen molar-refractivity contribution < 1.29 is 0 Å². The van der Waals surface area contributed by atoms with Gasteiger partial charge in [0.25, 0.3) is 0 Å². The second-order valence-electron chi connectivity index (χ2n) is 8.33. The van der Waals surface area contributed by atoms with Crippen molar-refractivity contribution in [2.45, 2.75) is 128 Å². The summed E-state index contributed by atoms with van der Waals surface area (Å²) in [6.45, 7) is 0. The molecule has 1 heterocycles. The number of hydrogen-bond donors (Lipinski definition) is 0. The minimum Gasteiger partial charge on any atom is -0.0772 e. The quantitative estimate of drug-likeness (QED) is 0.446. The molecule has 0 spiro atoms. The molecular formula is C21H41B. The van der Waals surface area contributed by atoms with E-state index in [0.29, 0.717) is 0 Å². The highest BCUT2D eigenvalue weighted by molar-refractivity contribution is 6.37. The van der Waals surface area contributed by atoms with Crippen molar-refractivity contribution in [2.24, 2.45) is 5.92 Å². The summed E-state index contributed by atoms with van der Waals surface area (Å²) >= 11 is 0. The van der Waals surface area contributed by atoms with Crippen LogP contribution in [0.25, 0.3) is 0 Å². The first kappa shape index (κ1) is 18.4. The topological polar surface area (TPSA) is 0 Å². The minimum atomic E-state index is 1.08. The molecule has 128 valence electrons. The van der Waals surface area contributed by atoms with Gasteiger partial charge in [0.05, 0.1) is 0 Å². The average Bonchev–Trinajstić information content (AvgIpc) is 2.64. The molecule has 0 aromatic heterocycles. The summed E-state index contributed by atoms with van der Waals surface area (Å²) in [6.07, 6.45) is 28.9. The third-order valence-electron chi connectivity index (χ3n) is 6.47. The first-order valence-corrected chi connectivity index (χ1v) is 11.0. The molecule has 0 radical (unpaired) electrons. The molecule has 0 aromatic carbocycles. The maximum absolute atomic E-state index is 1.56. The number of hydrogen-bond acceptors (Lipinski definition) is 0. The largest absolute Gasteiger partial charge is 0.124 e. The fourth-order valence-electron chi connectivity index (χ4n) is 4.98. The van der Waals surface area contributed by atoms with Crippen LogP contribution in [-0.4, -0.2) is 7.28 Å². The van der Waals surface area contributed by atoms with Gasteiger partial charge in [-0.25, -0.2) is 0 Å². The van der Waals surface area contributed by atoms with Gasteiger partial charge in [0.2, 0.25) is 0 Å². The first-order valence-electron chi connectivity index (χ1n) is 11.0. The summed E-state index contributed by atoms with van der Waals surface area (Å²) in [5.41, 5.74) is 0. The van der Waals surface area contributed by atoms with Gasteiger partial charge < -0.3 is 0 Å². The van der Waals surface area contributed by atoms with E-state index in [1.54, 1.807) is 26.5 Å². The van der Waals surface area contributed by atoms with Crippen molar-refractivity contribution >= 4 is 7.28 Å². The minimum absolute atomic E-state index is 1.08. The van der Waals surface area contributed by atoms with Crippen LogP contribution in [0.5, 0.6) is 0 Å². The lowest BCUT2D eigenvalue weighted by molar-refractivity contribution is 0.371. The second-order valence-corrected chi connectivity index (χ2v) is 8.33. The predicted octanol–water partition coefficient (Wildman–Crippen LogP) is 7.29. The molecule has 1 aliphatic heterocycles. The Hall–Kier alpha value is 0.0649. The Morgan fingerprint density at radius 2 is 0.818 bits per heavy atom. The van der Waals surface area contributed by atoms with Crippen LogP contribution < -0.4 is 0 Å². The van der Waals surface area contributed by atoms with Crippen LogP contribution in [0, 0.1) is 5.92 Å². The monoisotopic (exact) mass is 304 g/mol. The molecule has 1 unspecified atom stereocenters. The summed E-state index contributed by atoms with van der Waals surface area (Å²) in [4.78, 5) is 0. The van der Waals surface area contributed by atoms with Crippen molar-refractivity contribution in [2.75, 3.05) is 0 Å². The highest BCUT2D eigenvalue weighted by atomic mass is 14.2. The molecule has 0 nitrogen and oxygen atoms in total. The highest BCUT2D eigenvalue weighted by Crippen LogP contribution is 2.35. The molecule has 0 aromatic rings. The maximum atomic E-state index is 1.56. The summed E-state index contributed by atoms with van der Waals surface area (Å²) in [6, 6.07) is 0. The van der Waals surface area contributed by atoms with Crippen LogP contribution in [0.4, 0.5) is 0 Å². The third kappa shape index (κ3) is 8.07. The molecule has 1 aliphatic carbocycles. The lowest BCUT2D eigenvalue weighted by atomic mass is 9.53. The fraction of sp³-hybridized carbons (Fsp3) is 1.00. The Kier molecular flexibility index (Phi) is 10.4. The van der Waals surface area contributed by atoms with E-state index in [-0.39, 0.29) is 0 Å². The zero-order chi connectivity index (χ0) is 15.3. The molecule has 1 atom stereocenters. The average molecular weight is 304 g/mol. The molecule has 1 saturated heterocycles. The Bertz CT molecular complexity index is 200. The number of rotatable bonds is 1. The maximum Gasteiger partial charge on any atom is 0.124 e. The lowest BCUT2D eigenvalue weighted by Crippen LogP contribution is -2.16. The fourth-order valence-corrected chi connectivity index (χ4v) is 4.98. The SMILES string of the molecule is B1CCCCCCCCCC1C1CCCCCCCCCC1. The van der Waals surface area contributed by atoms with E-state index in [0.717, 1.165) is 11.7 Å². The van der Waals surface area contributed by atoms with E-state index in [2.05, 4.69) is 0 Å². The van der Waals surface area contributed by atoms with Crippen molar-refractivity contribution in [3.63, 3.8) is 0 Å². The van der Waals surface area contributed by atoms with Gasteiger partial charge in [-0.2, -0.15) is 0 Å². The van der Waals surface area contributed by atoms with Gasteiger partial charge in [-0.3, -0.25) is 0 Å². The van der Waals surface area contributed by atoms with Gasteiger partial charge >= 0.3 is 0 Å². The van der Waals surface area contributed by atoms with Crippen molar-refractivity contribution in [3.05, 3.63) is 0 Å². The van der Waals surface area contributed by atoms with Crippen LogP contribution in [0.1, 0.15) is 116 Å². The van der Waals surface area contributed by atoms with Gasteiger partial charge in [-0.15, -0.1) is 0 Å². The van der Waals surface area contributed by atoms with Gasteiger partial charge in [0.15, 0.2) is 0 Å². The molecule has 2 rings (SSSR count). The van der Waals surface area contributed by atoms with Crippen LogP contribution in [0.2, 0.25) is 12.1 Å². The third-order valence-corrected chi connectivity index (χ3v) is 6.47. The molecule has 0 amide bonds. The smallest absolute Gasteiger partial charge is 0.0772 e. The molecule has 0 N–H and O–H groups in total. The van der Waals surface area contributed by atoms with Crippen molar-refractivity contribution in [1.82, 2.24) is 0 Å². The Morgan fingerprint density at radius 1 is 0.409 bits per heavy atom. The molecule has 22 heavy (non-hydrogen) atoms. The predicted molar refractivity (Wildman–Crippen MR) is 102 cm³/mol. The second kappa shape index (κ2) is 12.5. The Balaban J connectivity index is 1.83. The van der Waals surface area contributed by atoms with Gasteiger partial charge in [-0.05, 0) is 5.92 Å². The standard InChI is InChI=1S/C21H41B/c1-2-5-9-13-17-20(16-12-8-4-1)21-18-14-10-6-3-7-11-15-19-22-21/h20-22H,1-19H2. The summed E-state index contributed by atoms with van der Waals surface area (Å²) < 4.78 is 0. The van der Waals surface area contributed by atoms with Gasteiger partial charge in [0, 0.05) is 0 Å². The zero-order valence-electron chi connectivity index (χ0n) is 15.3. The first-order chi connectivity index (χ1) is 11.0. The Morgan fingerprint density at radius 3 is 1.36 bits per heavy atom. The normalized spacial score (nSPS) is 28.8. The summed E-state index contributed by atoms with van der Waals surface area (Å²) in [5.74, 6) is 2.16. The highest BCUT2D eigenvalue weighted by Gasteiger charge is 2.21. The van der Waals surface area contributed by atoms with Crippen LogP contribution in [-0.2, 0) is 0 Å². The van der Waals surface area contributed by atoms with Crippen LogP contribution >= 0.6 is 0 Å². The van der Waals surface area contributed by atoms with E-state index in [9.17, 15) is 0 Å². The van der Waals surface area contributed by atoms with E-state index in [4.69, 9.17) is 0 Å². The van der Waals surface area contributed by atoms with Gasteiger partial charge in [0.1, 0.15) is 7.28 Å². The van der Waals surface area contributed by atoms with Crippen molar-refractivity contribution in [1.29, 1.82) is 0 Å². The van der Waals surface area contributed by atoms with E-state index < -0.39 is 0 Å². The summed E-state index contributed by atoms with van der Waals surface area (Å²) in [7, 11) is 1.56. The molecule has 2 fully saturated rings. The molecule has 1 saturated carbocycles. The van der Waals surface area contributed by atoms with Crippen LogP contribution in [0.3, 0.4) is 0 Å². The molecular weight excluding hydrogens is 263 g/mol. The van der Waals surface area contributed by atoms with Crippen molar-refractivity contribution in [3.8, 4) is 0 Å². The zero-order valence-corrected chi connectivity index (χ0v) is 15.3. The van der Waals surface area contributed by atoms with E-state index in [1.165, 1.54) is 103 Å².